The van der Waals surface area contributed by atoms with Crippen LogP contribution in [0.15, 0.2) is 64.9 Å². The van der Waals surface area contributed by atoms with E-state index in [-0.39, 0.29) is 151 Å². The first-order valence-corrected chi connectivity index (χ1v) is 50.0. The topological polar surface area (TPSA) is 625 Å². The van der Waals surface area contributed by atoms with E-state index in [1.54, 1.807) is 36.1 Å². The van der Waals surface area contributed by atoms with Crippen molar-refractivity contribution in [2.45, 2.75) is 208 Å². The SMILES string of the molecule is CCCC(=O)OCC(C(=O)[C@@H](CC(=O)[C@H]1CCCCN1C)[C@H](C)CC)[C@H](C[C@@H](OC(C)=O)c1nc(C(=O)N[C@@H](Cc2ccc(O)cc2)C[C@H](C)C(=O)CNC(=O)OCCSSC[C@H](CC(=O)C[C@H](CC(=O)C[C@H](CC(=O)CN2CCN(CCNC(=O)C[C@H](NC(=O)CC[C@H](CC(=O)c3ccc(CCc4cnc5nc(N)[nH]c(=O)c5n4)cc3)C(=O)O)C(=O)O)CC2)C(=O)O)C(=O)O)C(=O)O)cs1)C(C)C. The Labute approximate surface area is 816 Å². The molecule has 1 unspecified atom stereocenters. The Hall–Kier alpha value is -11.9. The molecular formula is C95H129N13O28S3. The van der Waals surface area contributed by atoms with Crippen LogP contribution in [0.25, 0.3) is 11.2 Å². The van der Waals surface area contributed by atoms with E-state index in [1.807, 2.05) is 51.5 Å². The first-order valence-electron chi connectivity index (χ1n) is 46.6. The lowest BCUT2D eigenvalue weighted by molar-refractivity contribution is -0.152. The molecule has 2 saturated heterocycles. The highest BCUT2D eigenvalue weighted by Crippen LogP contribution is 2.40. The lowest BCUT2D eigenvalue weighted by Crippen LogP contribution is -2.50. The number of amides is 4. The Morgan fingerprint density at radius 2 is 1.29 bits per heavy atom. The van der Waals surface area contributed by atoms with Crippen LogP contribution in [0.2, 0.25) is 0 Å². The number of likely N-dealkylation sites (N-methyl/N-ethyl adjacent to an activating group) is 1. The van der Waals surface area contributed by atoms with Crippen molar-refractivity contribution in [1.82, 2.24) is 60.9 Å². The second-order valence-corrected chi connectivity index (χ2v) is 39.4. The number of hydrogen-bond donors (Lipinski definition) is 12. The minimum atomic E-state index is -1.68. The lowest BCUT2D eigenvalue weighted by Gasteiger charge is -2.36. The zero-order chi connectivity index (χ0) is 102. The molecule has 13 atom stereocenters. The average molecular weight is 2000 g/mol. The number of hydrogen-bond acceptors (Lipinski definition) is 34. The smallest absolute Gasteiger partial charge is 0.407 e. The number of carbonyl (C=O) groups is 18. The van der Waals surface area contributed by atoms with E-state index in [0.29, 0.717) is 69.5 Å². The summed E-state index contributed by atoms with van der Waals surface area (Å²) >= 11 is 1.05. The maximum Gasteiger partial charge on any atom is 0.407 e. The van der Waals surface area contributed by atoms with Crippen molar-refractivity contribution in [3.05, 3.63) is 104 Å². The van der Waals surface area contributed by atoms with Crippen molar-refractivity contribution in [3.8, 4) is 5.75 Å². The Morgan fingerprint density at radius 1 is 0.655 bits per heavy atom. The van der Waals surface area contributed by atoms with Gasteiger partial charge >= 0.3 is 47.9 Å². The number of aromatic amines is 1. The summed E-state index contributed by atoms with van der Waals surface area (Å²) in [6.07, 6.45) is -1.18. The number of carboxylic acids is 5. The number of piperazine rings is 1. The van der Waals surface area contributed by atoms with Crippen molar-refractivity contribution in [2.75, 3.05) is 96.4 Å². The number of likely N-dealkylation sites (tertiary alicyclic amines) is 1. The zero-order valence-electron chi connectivity index (χ0n) is 79.5. The second kappa shape index (κ2) is 57.6. The van der Waals surface area contributed by atoms with Gasteiger partial charge < -0.3 is 71.9 Å². The molecule has 0 radical (unpaired) electrons. The van der Waals surface area contributed by atoms with E-state index < -0.39 is 224 Å². The molecule has 760 valence electrons. The Morgan fingerprint density at radius 3 is 1.90 bits per heavy atom. The third-order valence-corrected chi connectivity index (χ3v) is 28.2. The van der Waals surface area contributed by atoms with Crippen LogP contribution in [0.3, 0.4) is 0 Å². The first kappa shape index (κ1) is 114. The fourth-order valence-corrected chi connectivity index (χ4v) is 19.6. The van der Waals surface area contributed by atoms with Crippen LogP contribution in [-0.2, 0) is 105 Å². The number of carboxylic acid groups (broad SMARTS) is 5. The molecule has 0 spiro atoms. The van der Waals surface area contributed by atoms with Gasteiger partial charge in [0.15, 0.2) is 34.6 Å². The number of esters is 2. The fraction of sp³-hybridized carbons (Fsp3) is 0.589. The number of phenols is 1. The van der Waals surface area contributed by atoms with Gasteiger partial charge in [0.25, 0.3) is 11.5 Å². The molecule has 4 amide bonds. The number of alkyl carbamates (subject to hydrolysis) is 1. The number of nitrogen functional groups attached to an aromatic ring is 1. The quantitative estimate of drug-likeness (QED) is 0.00593. The van der Waals surface area contributed by atoms with E-state index in [1.165, 1.54) is 42.8 Å². The average Bonchev–Trinajstić information content (AvgIpc) is 1.59. The van der Waals surface area contributed by atoms with Crippen molar-refractivity contribution >= 4 is 156 Å². The van der Waals surface area contributed by atoms with Gasteiger partial charge in [-0.15, -0.1) is 11.3 Å². The molecule has 5 aromatic rings. The van der Waals surface area contributed by atoms with Gasteiger partial charge in [0, 0.05) is 144 Å². The predicted octanol–water partition coefficient (Wildman–Crippen LogP) is 7.40. The number of ketones is 7. The molecule has 2 aliphatic rings. The van der Waals surface area contributed by atoms with Gasteiger partial charge in [0.1, 0.15) is 58.8 Å². The van der Waals surface area contributed by atoms with E-state index in [9.17, 15) is 117 Å². The largest absolute Gasteiger partial charge is 0.508 e. The number of carbonyl (C=O) groups excluding carboxylic acids is 13. The minimum Gasteiger partial charge on any atom is -0.508 e. The number of nitrogens with zero attached hydrogens (tertiary/aromatic N) is 7. The number of Topliss-reactive ketones (excluding diaryl/α,β-unsaturated/α-hetero) is 7. The highest BCUT2D eigenvalue weighted by atomic mass is 33.1. The summed E-state index contributed by atoms with van der Waals surface area (Å²) in [6, 6.07) is 9.88. The summed E-state index contributed by atoms with van der Waals surface area (Å²) in [5.74, 6) is -23.7. The highest BCUT2D eigenvalue weighted by molar-refractivity contribution is 8.76. The van der Waals surface area contributed by atoms with Crippen LogP contribution in [-0.4, -0.2) is 285 Å². The number of anilines is 1. The fourth-order valence-electron chi connectivity index (χ4n) is 16.6. The number of aromatic hydroxyl groups is 1. The molecule has 139 heavy (non-hydrogen) atoms. The maximum absolute atomic E-state index is 15.2. The summed E-state index contributed by atoms with van der Waals surface area (Å²) in [5, 5.41) is 71.9. The molecule has 0 saturated carbocycles. The number of fused-ring (bicyclic) bond motifs is 1. The highest BCUT2D eigenvalue weighted by Gasteiger charge is 2.43. The summed E-state index contributed by atoms with van der Waals surface area (Å²) in [4.78, 5) is 274. The summed E-state index contributed by atoms with van der Waals surface area (Å²) in [7, 11) is 4.01. The van der Waals surface area contributed by atoms with Crippen molar-refractivity contribution in [2.24, 2.45) is 59.2 Å². The standard InChI is InChI=1S/C95H129N13O28S3/c1-9-13-82(119)135-50-72(84(120)71(54(5)10-2)44-77(115)75-14-11-12-28-106(75)8)70(53(3)4)45-79(136-56(7)109)88-103-74(52-137-88)86(121)101-65(37-58-18-24-66(110)25-19-58)36-55(6)78(116)48-99-95(133)134-34-35-138-139-51-63(92(129)130)42-68(112)39-61(90(125)126)38-67(111)40-62(91(127)128)41-69(113)49-108-32-30-107(31-33-108)29-27-97-81(118)46-73(93(131)132)102-80(117)26-22-60(89(123)124)43-76(114)59-20-15-57(16-21-59)17-23-64-47-98-85-83(100-64)87(122)105-94(96)104-85/h15-16,18-21,24-25,47,52-55,60-63,65,70-73,75,79,110H,9-14,17,22-23,26-46,48-51H2,1-8H3,(H,97,118)(H,99,133)(H,101,121)(H,102,117)(H,123,124)(H,125,126)(H,127,128)(H,129,130)(H,131,132)(H3,96,98,104,105,122)/t54-,55+,60-,61+,62-,63+,65-,70-,71+,72?,73+,75-,79-/m1/s1. The van der Waals surface area contributed by atoms with Crippen LogP contribution in [0, 0.1) is 59.2 Å². The van der Waals surface area contributed by atoms with Gasteiger partial charge in [-0.1, -0.05) is 112 Å². The van der Waals surface area contributed by atoms with Gasteiger partial charge in [0.05, 0.1) is 67.0 Å². The van der Waals surface area contributed by atoms with Crippen LogP contribution in [0.4, 0.5) is 10.7 Å². The molecular weight excluding hydrogens is 1870 g/mol. The molecule has 0 bridgehead atoms. The molecule has 13 N–H and O–H groups in total. The molecule has 41 nitrogen and oxygen atoms in total. The number of ether oxygens (including phenoxy) is 3. The third kappa shape index (κ3) is 39.0. The summed E-state index contributed by atoms with van der Waals surface area (Å²) in [5.41, 5.74) is 7.30. The summed E-state index contributed by atoms with van der Waals surface area (Å²) in [6.45, 7) is 13.7. The molecule has 2 aliphatic heterocycles. The van der Waals surface area contributed by atoms with Crippen LogP contribution >= 0.6 is 32.9 Å². The van der Waals surface area contributed by atoms with Crippen LogP contribution < -0.4 is 32.6 Å². The molecule has 5 heterocycles. The molecule has 3 aromatic heterocycles. The Balaban J connectivity index is 0.785. The monoisotopic (exact) mass is 2000 g/mol. The van der Waals surface area contributed by atoms with Gasteiger partial charge in [-0.2, -0.15) is 4.98 Å². The second-order valence-electron chi connectivity index (χ2n) is 35.9. The van der Waals surface area contributed by atoms with E-state index in [2.05, 4.69) is 46.2 Å². The third-order valence-electron chi connectivity index (χ3n) is 24.8. The number of aryl methyl sites for hydroxylation is 2. The van der Waals surface area contributed by atoms with Crippen LogP contribution in [0.5, 0.6) is 5.75 Å². The number of H-pyrrole nitrogens is 1. The van der Waals surface area contributed by atoms with E-state index >= 15 is 4.79 Å². The Bertz CT molecular complexity index is 5170. The zero-order valence-corrected chi connectivity index (χ0v) is 81.9. The van der Waals surface area contributed by atoms with Crippen molar-refractivity contribution in [1.29, 1.82) is 0 Å². The number of nitrogens with two attached hydrogens (primary N) is 1. The first-order chi connectivity index (χ1) is 66.0. The number of thiazole rings is 1. The van der Waals surface area contributed by atoms with E-state index in [0.717, 1.165) is 57.9 Å². The Kier molecular flexibility index (Phi) is 47.3. The normalized spacial score (nSPS) is 16.2. The molecule has 2 aromatic carbocycles. The van der Waals surface area contributed by atoms with Crippen molar-refractivity contribution in [3.63, 3.8) is 0 Å². The van der Waals surface area contributed by atoms with Gasteiger partial charge in [-0.05, 0) is 112 Å². The van der Waals surface area contributed by atoms with Gasteiger partial charge in [-0.3, -0.25) is 101 Å². The molecule has 2 fully saturated rings. The number of rotatable bonds is 64. The maximum atomic E-state index is 15.2. The lowest BCUT2D eigenvalue weighted by atomic mass is 9.71. The number of nitrogens with one attached hydrogen (secondary N) is 5. The van der Waals surface area contributed by atoms with Crippen molar-refractivity contribution < 1.29 is 131 Å². The predicted molar refractivity (Wildman–Crippen MR) is 510 cm³/mol. The minimum absolute atomic E-state index is 0.0116. The van der Waals surface area contributed by atoms with E-state index in [4.69, 9.17) is 19.9 Å². The number of phenolic OH excluding ortho intramolecular Hbond substituents is 1. The van der Waals surface area contributed by atoms with Gasteiger partial charge in [0.2, 0.25) is 17.8 Å². The van der Waals surface area contributed by atoms with Crippen LogP contribution in [0.1, 0.15) is 213 Å². The number of piperidine rings is 1. The number of aromatic nitrogens is 5. The number of aliphatic carboxylic acids is 5. The molecule has 0 aliphatic carbocycles. The molecule has 7 rings (SSSR count). The number of benzene rings is 2. The summed E-state index contributed by atoms with van der Waals surface area (Å²) < 4.78 is 17.0. The molecule has 44 heteroatoms. The van der Waals surface area contributed by atoms with Gasteiger partial charge in [-0.25, -0.2) is 24.5 Å².